The van der Waals surface area contributed by atoms with Crippen LogP contribution in [0.5, 0.6) is 6.01 Å². The minimum absolute atomic E-state index is 0.0450. The van der Waals surface area contributed by atoms with E-state index in [1.54, 1.807) is 6.26 Å². The molecule has 2 heterocycles. The van der Waals surface area contributed by atoms with Crippen molar-refractivity contribution in [3.63, 3.8) is 0 Å². The lowest BCUT2D eigenvalue weighted by atomic mass is 10.2. The molecule has 0 spiro atoms. The SMILES string of the molecule is CCNc1nc(NC(C)c2ccco2)nc(OCC)n1. The number of ether oxygens (including phenoxy) is 1. The van der Waals surface area contributed by atoms with Crippen LogP contribution < -0.4 is 15.4 Å². The summed E-state index contributed by atoms with van der Waals surface area (Å²) in [7, 11) is 0. The maximum atomic E-state index is 5.34. The summed E-state index contributed by atoms with van der Waals surface area (Å²) in [5.74, 6) is 1.75. The minimum atomic E-state index is -0.0450. The Balaban J connectivity index is 2.16. The van der Waals surface area contributed by atoms with Crippen molar-refractivity contribution in [3.8, 4) is 6.01 Å². The van der Waals surface area contributed by atoms with Gasteiger partial charge in [0.1, 0.15) is 5.76 Å². The Hall–Kier alpha value is -2.31. The Morgan fingerprint density at radius 1 is 1.25 bits per heavy atom. The van der Waals surface area contributed by atoms with E-state index in [4.69, 9.17) is 9.15 Å². The number of hydrogen-bond donors (Lipinski definition) is 2. The minimum Gasteiger partial charge on any atom is -0.467 e. The average Bonchev–Trinajstić information content (AvgIpc) is 2.93. The molecule has 1 unspecified atom stereocenters. The first-order valence-electron chi connectivity index (χ1n) is 6.65. The first kappa shape index (κ1) is 14.1. The van der Waals surface area contributed by atoms with Gasteiger partial charge in [0.25, 0.3) is 0 Å². The number of nitrogens with zero attached hydrogens (tertiary/aromatic N) is 3. The lowest BCUT2D eigenvalue weighted by molar-refractivity contribution is 0.312. The van der Waals surface area contributed by atoms with Crippen molar-refractivity contribution >= 4 is 11.9 Å². The molecular weight excluding hydrogens is 258 g/mol. The molecule has 0 aliphatic heterocycles. The van der Waals surface area contributed by atoms with E-state index in [1.807, 2.05) is 32.9 Å². The van der Waals surface area contributed by atoms with Gasteiger partial charge in [0.05, 0.1) is 18.9 Å². The zero-order valence-corrected chi connectivity index (χ0v) is 11.9. The van der Waals surface area contributed by atoms with Crippen LogP contribution in [0.2, 0.25) is 0 Å². The number of rotatable bonds is 7. The highest BCUT2D eigenvalue weighted by Crippen LogP contribution is 2.19. The second-order valence-electron chi connectivity index (χ2n) is 4.11. The van der Waals surface area contributed by atoms with Gasteiger partial charge in [-0.05, 0) is 32.9 Å². The molecule has 1 atom stereocenters. The van der Waals surface area contributed by atoms with Crippen molar-refractivity contribution in [1.82, 2.24) is 15.0 Å². The molecule has 108 valence electrons. The van der Waals surface area contributed by atoms with Gasteiger partial charge in [0.2, 0.25) is 11.9 Å². The van der Waals surface area contributed by atoms with E-state index >= 15 is 0 Å². The molecule has 2 aromatic rings. The fourth-order valence-corrected chi connectivity index (χ4v) is 1.65. The van der Waals surface area contributed by atoms with Crippen LogP contribution in [0.4, 0.5) is 11.9 Å². The van der Waals surface area contributed by atoms with Crippen LogP contribution in [0, 0.1) is 0 Å². The van der Waals surface area contributed by atoms with E-state index in [9.17, 15) is 0 Å². The second-order valence-corrected chi connectivity index (χ2v) is 4.11. The van der Waals surface area contributed by atoms with Crippen LogP contribution in [-0.4, -0.2) is 28.1 Å². The predicted molar refractivity (Wildman–Crippen MR) is 75.9 cm³/mol. The smallest absolute Gasteiger partial charge is 0.323 e. The zero-order valence-electron chi connectivity index (χ0n) is 11.9. The first-order valence-corrected chi connectivity index (χ1v) is 6.65. The lowest BCUT2D eigenvalue weighted by Gasteiger charge is -2.13. The third-order valence-electron chi connectivity index (χ3n) is 2.54. The van der Waals surface area contributed by atoms with Gasteiger partial charge in [-0.1, -0.05) is 0 Å². The molecule has 2 rings (SSSR count). The molecule has 7 heteroatoms. The van der Waals surface area contributed by atoms with Crippen LogP contribution in [-0.2, 0) is 0 Å². The summed E-state index contributed by atoms with van der Waals surface area (Å²) in [4.78, 5) is 12.7. The van der Waals surface area contributed by atoms with Crippen molar-refractivity contribution in [1.29, 1.82) is 0 Å². The van der Waals surface area contributed by atoms with Gasteiger partial charge < -0.3 is 19.8 Å². The number of hydrogen-bond acceptors (Lipinski definition) is 7. The topological polar surface area (TPSA) is 85.1 Å². The Labute approximate surface area is 117 Å². The van der Waals surface area contributed by atoms with Gasteiger partial charge in [-0.15, -0.1) is 0 Å². The largest absolute Gasteiger partial charge is 0.467 e. The highest BCUT2D eigenvalue weighted by Gasteiger charge is 2.12. The summed E-state index contributed by atoms with van der Waals surface area (Å²) >= 11 is 0. The van der Waals surface area contributed by atoms with Crippen molar-refractivity contribution in [3.05, 3.63) is 24.2 Å². The Kier molecular flexibility index (Phi) is 4.75. The maximum Gasteiger partial charge on any atom is 0.323 e. The third-order valence-corrected chi connectivity index (χ3v) is 2.54. The Morgan fingerprint density at radius 2 is 2.05 bits per heavy atom. The van der Waals surface area contributed by atoms with E-state index in [1.165, 1.54) is 0 Å². The van der Waals surface area contributed by atoms with Crippen LogP contribution >= 0.6 is 0 Å². The van der Waals surface area contributed by atoms with Crippen molar-refractivity contribution < 1.29 is 9.15 Å². The van der Waals surface area contributed by atoms with Crippen LogP contribution in [0.1, 0.15) is 32.6 Å². The summed E-state index contributed by atoms with van der Waals surface area (Å²) in [6.07, 6.45) is 1.64. The number of anilines is 2. The van der Waals surface area contributed by atoms with E-state index in [2.05, 4.69) is 25.6 Å². The fourth-order valence-electron chi connectivity index (χ4n) is 1.65. The Bertz CT molecular complexity index is 505. The average molecular weight is 277 g/mol. The standard InChI is InChI=1S/C13H19N5O2/c1-4-14-11-16-12(18-13(17-11)19-5-2)15-9(3)10-7-6-8-20-10/h6-9H,4-5H2,1-3H3,(H2,14,15,16,17,18). The van der Waals surface area contributed by atoms with Crippen LogP contribution in [0.25, 0.3) is 0 Å². The number of furan rings is 1. The quantitative estimate of drug-likeness (QED) is 0.804. The number of aromatic nitrogens is 3. The highest BCUT2D eigenvalue weighted by molar-refractivity contribution is 5.37. The van der Waals surface area contributed by atoms with Gasteiger partial charge in [-0.25, -0.2) is 0 Å². The summed E-state index contributed by atoms with van der Waals surface area (Å²) in [5.41, 5.74) is 0. The van der Waals surface area contributed by atoms with E-state index in [0.29, 0.717) is 24.5 Å². The van der Waals surface area contributed by atoms with Gasteiger partial charge in [-0.2, -0.15) is 15.0 Å². The Morgan fingerprint density at radius 3 is 2.70 bits per heavy atom. The zero-order chi connectivity index (χ0) is 14.4. The highest BCUT2D eigenvalue weighted by atomic mass is 16.5. The molecule has 7 nitrogen and oxygen atoms in total. The van der Waals surface area contributed by atoms with Crippen molar-refractivity contribution in [2.45, 2.75) is 26.8 Å². The molecule has 0 aliphatic rings. The molecule has 0 saturated carbocycles. The molecule has 0 amide bonds. The van der Waals surface area contributed by atoms with E-state index in [-0.39, 0.29) is 6.04 Å². The molecule has 0 aromatic carbocycles. The van der Waals surface area contributed by atoms with Gasteiger partial charge in [0.15, 0.2) is 0 Å². The molecule has 2 N–H and O–H groups in total. The molecular formula is C13H19N5O2. The van der Waals surface area contributed by atoms with E-state index in [0.717, 1.165) is 12.3 Å². The fraction of sp³-hybridized carbons (Fsp3) is 0.462. The molecule has 20 heavy (non-hydrogen) atoms. The summed E-state index contributed by atoms with van der Waals surface area (Å²) in [6.45, 7) is 7.05. The molecule has 0 radical (unpaired) electrons. The molecule has 0 aliphatic carbocycles. The third kappa shape index (κ3) is 3.59. The number of nitrogens with one attached hydrogen (secondary N) is 2. The van der Waals surface area contributed by atoms with Gasteiger partial charge >= 0.3 is 6.01 Å². The van der Waals surface area contributed by atoms with Crippen molar-refractivity contribution in [2.75, 3.05) is 23.8 Å². The molecule has 2 aromatic heterocycles. The molecule has 0 saturated heterocycles. The van der Waals surface area contributed by atoms with E-state index < -0.39 is 0 Å². The van der Waals surface area contributed by atoms with Gasteiger partial charge in [-0.3, -0.25) is 0 Å². The predicted octanol–water partition coefficient (Wildman–Crippen LogP) is 2.47. The molecule has 0 fully saturated rings. The van der Waals surface area contributed by atoms with Crippen molar-refractivity contribution in [2.24, 2.45) is 0 Å². The maximum absolute atomic E-state index is 5.34. The molecule has 0 bridgehead atoms. The summed E-state index contributed by atoms with van der Waals surface area (Å²) in [6, 6.07) is 3.99. The summed E-state index contributed by atoms with van der Waals surface area (Å²) < 4.78 is 10.7. The van der Waals surface area contributed by atoms with Crippen LogP contribution in [0.3, 0.4) is 0 Å². The summed E-state index contributed by atoms with van der Waals surface area (Å²) in [5, 5.41) is 6.21. The van der Waals surface area contributed by atoms with Crippen LogP contribution in [0.15, 0.2) is 22.8 Å². The second kappa shape index (κ2) is 6.74. The monoisotopic (exact) mass is 277 g/mol. The normalized spacial score (nSPS) is 11.9. The van der Waals surface area contributed by atoms with Gasteiger partial charge in [0, 0.05) is 6.54 Å². The lowest BCUT2D eigenvalue weighted by Crippen LogP contribution is -2.13. The first-order chi connectivity index (χ1) is 9.72.